The smallest absolute Gasteiger partial charge is 0.00968 e. The molecule has 1 fully saturated rings. The predicted octanol–water partition coefficient (Wildman–Crippen LogP) is 4.54. The van der Waals surface area contributed by atoms with E-state index < -0.39 is 0 Å². The van der Waals surface area contributed by atoms with Crippen molar-refractivity contribution >= 4 is 0 Å². The van der Waals surface area contributed by atoms with E-state index in [1.54, 1.807) is 0 Å². The third-order valence-corrected chi connectivity index (χ3v) is 4.00. The van der Waals surface area contributed by atoms with Crippen molar-refractivity contribution in [2.24, 2.45) is 11.3 Å². The van der Waals surface area contributed by atoms with Crippen molar-refractivity contribution in [1.29, 1.82) is 0 Å². The summed E-state index contributed by atoms with van der Waals surface area (Å²) >= 11 is 0. The van der Waals surface area contributed by atoms with Gasteiger partial charge in [-0.2, -0.15) is 0 Å². The van der Waals surface area contributed by atoms with Crippen LogP contribution in [0.25, 0.3) is 0 Å². The highest BCUT2D eigenvalue weighted by Crippen LogP contribution is 2.35. The molecule has 0 aromatic carbocycles. The minimum atomic E-state index is 0.205. The van der Waals surface area contributed by atoms with Gasteiger partial charge >= 0.3 is 0 Å². The monoisotopic (exact) mass is 237 g/mol. The van der Waals surface area contributed by atoms with Crippen molar-refractivity contribution < 1.29 is 0 Å². The molecule has 0 amide bonds. The highest BCUT2D eigenvalue weighted by molar-refractivity contribution is 4.96. The lowest BCUT2D eigenvalue weighted by Crippen LogP contribution is -2.43. The molecule has 17 heavy (non-hydrogen) atoms. The van der Waals surface area contributed by atoms with Gasteiger partial charge in [0, 0.05) is 12.1 Å². The molecule has 1 N–H and O–H groups in total. The Bertz CT molecular complexity index is 232. The van der Waals surface area contributed by atoms with Crippen LogP contribution in [-0.4, -0.2) is 12.1 Å². The lowest BCUT2D eigenvalue weighted by atomic mass is 9.75. The average Bonchev–Trinajstić information content (AvgIpc) is 2.27. The zero-order valence-electron chi connectivity index (χ0n) is 12.3. The molecule has 0 aromatic heterocycles. The molecular weight excluding hydrogens is 206 g/mol. The Balaban J connectivity index is 2.46. The summed E-state index contributed by atoms with van der Waals surface area (Å²) in [5, 5.41) is 3.63. The summed E-state index contributed by atoms with van der Waals surface area (Å²) in [5.41, 5.74) is 0.464. The van der Waals surface area contributed by atoms with Gasteiger partial charge in [0.1, 0.15) is 0 Å². The zero-order chi connectivity index (χ0) is 12.9. The van der Waals surface area contributed by atoms with E-state index in [1.165, 1.54) is 38.5 Å². The average molecular weight is 237 g/mol. The second-order valence-electron chi connectivity index (χ2n) is 7.17. The summed E-state index contributed by atoms with van der Waals surface area (Å²) in [6.07, 6.45) is 10.6. The summed E-state index contributed by atoms with van der Waals surface area (Å²) < 4.78 is 0. The standard InChI is InChI=1S/C16H31N/c1-6-16(5,13-17-15(2,3)4)12-14-10-8-7-9-11-14/h6,14,17H,1,7-13H2,2-5H3. The third kappa shape index (κ3) is 5.72. The Kier molecular flexibility index (Phi) is 5.24. The van der Waals surface area contributed by atoms with Crippen LogP contribution in [0.3, 0.4) is 0 Å². The molecule has 0 spiro atoms. The molecule has 1 saturated carbocycles. The molecule has 100 valence electrons. The molecule has 1 unspecified atom stereocenters. The van der Waals surface area contributed by atoms with E-state index in [0.717, 1.165) is 12.5 Å². The highest BCUT2D eigenvalue weighted by atomic mass is 15.0. The molecule has 1 nitrogen and oxygen atoms in total. The second-order valence-corrected chi connectivity index (χ2v) is 7.17. The number of rotatable bonds is 5. The van der Waals surface area contributed by atoms with E-state index >= 15 is 0 Å². The van der Waals surface area contributed by atoms with Gasteiger partial charge in [0.05, 0.1) is 0 Å². The first kappa shape index (κ1) is 14.8. The van der Waals surface area contributed by atoms with Gasteiger partial charge in [0.2, 0.25) is 0 Å². The predicted molar refractivity (Wildman–Crippen MR) is 77.3 cm³/mol. The topological polar surface area (TPSA) is 12.0 Å². The van der Waals surface area contributed by atoms with E-state index in [9.17, 15) is 0 Å². The maximum Gasteiger partial charge on any atom is 0.00968 e. The molecule has 1 aliphatic carbocycles. The van der Waals surface area contributed by atoms with E-state index in [0.29, 0.717) is 0 Å². The molecule has 0 aromatic rings. The van der Waals surface area contributed by atoms with Gasteiger partial charge in [0.15, 0.2) is 0 Å². The summed E-state index contributed by atoms with van der Waals surface area (Å²) in [6.45, 7) is 14.2. The fourth-order valence-corrected chi connectivity index (χ4v) is 2.75. The van der Waals surface area contributed by atoms with Crippen molar-refractivity contribution in [3.63, 3.8) is 0 Å². The molecule has 1 heteroatoms. The molecule has 0 radical (unpaired) electrons. The molecule has 0 saturated heterocycles. The maximum atomic E-state index is 4.06. The summed E-state index contributed by atoms with van der Waals surface area (Å²) in [7, 11) is 0. The van der Waals surface area contributed by atoms with E-state index in [1.807, 2.05) is 0 Å². The van der Waals surface area contributed by atoms with Crippen LogP contribution >= 0.6 is 0 Å². The van der Waals surface area contributed by atoms with E-state index in [4.69, 9.17) is 0 Å². The Morgan fingerprint density at radius 2 is 1.71 bits per heavy atom. The van der Waals surface area contributed by atoms with Gasteiger partial charge in [-0.15, -0.1) is 6.58 Å². The van der Waals surface area contributed by atoms with Gasteiger partial charge in [-0.1, -0.05) is 45.1 Å². The van der Waals surface area contributed by atoms with Gasteiger partial charge in [0.25, 0.3) is 0 Å². The molecule has 0 aliphatic heterocycles. The first-order valence-electron chi connectivity index (χ1n) is 7.23. The van der Waals surface area contributed by atoms with Crippen molar-refractivity contribution in [3.05, 3.63) is 12.7 Å². The maximum absolute atomic E-state index is 4.06. The van der Waals surface area contributed by atoms with Crippen LogP contribution in [0, 0.1) is 11.3 Å². The quantitative estimate of drug-likeness (QED) is 0.692. The Morgan fingerprint density at radius 1 is 1.12 bits per heavy atom. The molecule has 0 bridgehead atoms. The van der Waals surface area contributed by atoms with Crippen molar-refractivity contribution in [3.8, 4) is 0 Å². The number of hydrogen-bond acceptors (Lipinski definition) is 1. The van der Waals surface area contributed by atoms with Crippen LogP contribution < -0.4 is 5.32 Å². The van der Waals surface area contributed by atoms with Crippen LogP contribution in [0.15, 0.2) is 12.7 Å². The van der Waals surface area contributed by atoms with Crippen LogP contribution in [0.2, 0.25) is 0 Å². The number of hydrogen-bond donors (Lipinski definition) is 1. The molecule has 1 atom stereocenters. The Hall–Kier alpha value is -0.300. The lowest BCUT2D eigenvalue weighted by Gasteiger charge is -2.35. The molecule has 0 heterocycles. The number of nitrogens with one attached hydrogen (secondary N) is 1. The minimum absolute atomic E-state index is 0.205. The van der Waals surface area contributed by atoms with Crippen LogP contribution in [0.4, 0.5) is 0 Å². The normalized spacial score (nSPS) is 22.1. The molecule has 1 aliphatic rings. The first-order valence-corrected chi connectivity index (χ1v) is 7.23. The molecule has 1 rings (SSSR count). The lowest BCUT2D eigenvalue weighted by molar-refractivity contribution is 0.227. The summed E-state index contributed by atoms with van der Waals surface area (Å²) in [6, 6.07) is 0. The first-order chi connectivity index (χ1) is 7.85. The molecular formula is C16H31N. The fourth-order valence-electron chi connectivity index (χ4n) is 2.75. The zero-order valence-corrected chi connectivity index (χ0v) is 12.3. The van der Waals surface area contributed by atoms with Gasteiger partial charge in [-0.3, -0.25) is 0 Å². The third-order valence-electron chi connectivity index (χ3n) is 4.00. The minimum Gasteiger partial charge on any atom is -0.311 e. The van der Waals surface area contributed by atoms with Crippen molar-refractivity contribution in [2.75, 3.05) is 6.54 Å². The summed E-state index contributed by atoms with van der Waals surface area (Å²) in [4.78, 5) is 0. The van der Waals surface area contributed by atoms with Gasteiger partial charge < -0.3 is 5.32 Å². The Morgan fingerprint density at radius 3 is 2.18 bits per heavy atom. The van der Waals surface area contributed by atoms with Crippen LogP contribution in [-0.2, 0) is 0 Å². The van der Waals surface area contributed by atoms with Crippen LogP contribution in [0.1, 0.15) is 66.2 Å². The van der Waals surface area contributed by atoms with Crippen molar-refractivity contribution in [2.45, 2.75) is 71.8 Å². The van der Waals surface area contributed by atoms with Crippen molar-refractivity contribution in [1.82, 2.24) is 5.32 Å². The summed E-state index contributed by atoms with van der Waals surface area (Å²) in [5.74, 6) is 0.925. The SMILES string of the molecule is C=CC(C)(CNC(C)(C)C)CC1CCCCC1. The largest absolute Gasteiger partial charge is 0.311 e. The van der Waals surface area contributed by atoms with Gasteiger partial charge in [-0.05, 0) is 38.5 Å². The second kappa shape index (κ2) is 6.04. The Labute approximate surface area is 108 Å². The fraction of sp³-hybridized carbons (Fsp3) is 0.875. The van der Waals surface area contributed by atoms with Gasteiger partial charge in [-0.25, -0.2) is 0 Å². The van der Waals surface area contributed by atoms with E-state index in [2.05, 4.69) is 45.7 Å². The van der Waals surface area contributed by atoms with Crippen LogP contribution in [0.5, 0.6) is 0 Å². The highest BCUT2D eigenvalue weighted by Gasteiger charge is 2.27. The van der Waals surface area contributed by atoms with E-state index in [-0.39, 0.29) is 11.0 Å².